The van der Waals surface area contributed by atoms with E-state index in [0.29, 0.717) is 12.2 Å². The summed E-state index contributed by atoms with van der Waals surface area (Å²) in [6.45, 7) is 3.64. The summed E-state index contributed by atoms with van der Waals surface area (Å²) in [5.74, 6) is -0.519. The Labute approximate surface area is 206 Å². The molecule has 0 fully saturated rings. The van der Waals surface area contributed by atoms with Crippen molar-refractivity contribution in [1.29, 1.82) is 0 Å². The van der Waals surface area contributed by atoms with Gasteiger partial charge in [-0.05, 0) is 48.4 Å². The van der Waals surface area contributed by atoms with Crippen LogP contribution in [0.5, 0.6) is 0 Å². The highest BCUT2D eigenvalue weighted by Gasteiger charge is 2.26. The Morgan fingerprint density at radius 2 is 1.66 bits per heavy atom. The number of anilines is 1. The molecule has 184 valence electrons. The van der Waals surface area contributed by atoms with Crippen molar-refractivity contribution in [3.63, 3.8) is 0 Å². The van der Waals surface area contributed by atoms with E-state index in [4.69, 9.17) is 4.84 Å². The second-order valence-corrected chi connectivity index (χ2v) is 9.96. The number of hydrogen-bond donors (Lipinski definition) is 1. The quantitative estimate of drug-likeness (QED) is 0.448. The van der Waals surface area contributed by atoms with Gasteiger partial charge in [0.1, 0.15) is 0 Å². The van der Waals surface area contributed by atoms with Crippen molar-refractivity contribution in [1.82, 2.24) is 9.37 Å². The van der Waals surface area contributed by atoms with Gasteiger partial charge >= 0.3 is 0 Å². The number of benzene rings is 3. The van der Waals surface area contributed by atoms with Gasteiger partial charge < -0.3 is 10.2 Å². The van der Waals surface area contributed by atoms with E-state index in [1.54, 1.807) is 17.0 Å². The normalized spacial score (nSPS) is 12.3. The van der Waals surface area contributed by atoms with Crippen LogP contribution in [0.2, 0.25) is 0 Å². The molecule has 0 radical (unpaired) electrons. The minimum atomic E-state index is -3.92. The molecule has 0 bridgehead atoms. The summed E-state index contributed by atoms with van der Waals surface area (Å²) in [4.78, 5) is 31.7. The lowest BCUT2D eigenvalue weighted by Crippen LogP contribution is -2.33. The lowest BCUT2D eigenvalue weighted by Gasteiger charge is -2.30. The zero-order valence-corrected chi connectivity index (χ0v) is 21.0. The van der Waals surface area contributed by atoms with Crippen LogP contribution in [-0.4, -0.2) is 43.8 Å². The number of nitrogens with one attached hydrogen (secondary N) is 1. The first-order chi connectivity index (χ1) is 16.6. The van der Waals surface area contributed by atoms with Crippen LogP contribution in [0, 0.1) is 0 Å². The maximum Gasteiger partial charge on any atom is 0.264 e. The highest BCUT2D eigenvalue weighted by molar-refractivity contribution is 7.89. The van der Waals surface area contributed by atoms with E-state index in [2.05, 4.69) is 5.32 Å². The molecular weight excluding hydrogens is 466 g/mol. The van der Waals surface area contributed by atoms with Gasteiger partial charge in [0.2, 0.25) is 5.91 Å². The zero-order valence-electron chi connectivity index (χ0n) is 20.1. The molecule has 35 heavy (non-hydrogen) atoms. The minimum absolute atomic E-state index is 0.0485. The monoisotopic (exact) mass is 495 g/mol. The fraction of sp³-hybridized carbons (Fsp3) is 0.231. The molecule has 9 heteroatoms. The molecule has 0 aliphatic rings. The number of amides is 2. The van der Waals surface area contributed by atoms with Crippen molar-refractivity contribution < 1.29 is 22.8 Å². The summed E-state index contributed by atoms with van der Waals surface area (Å²) in [5.41, 5.74) is 2.61. The summed E-state index contributed by atoms with van der Waals surface area (Å²) in [5, 5.41) is 2.76. The molecule has 1 N–H and O–H groups in total. The number of nitrogens with zero attached hydrogens (tertiary/aromatic N) is 2. The zero-order chi connectivity index (χ0) is 25.6. The first-order valence-corrected chi connectivity index (χ1v) is 12.4. The Hall–Kier alpha value is -3.53. The molecule has 2 amide bonds. The summed E-state index contributed by atoms with van der Waals surface area (Å²) < 4.78 is 26.2. The number of carbonyl (C=O) groups excluding carboxylic acids is 2. The molecule has 1 unspecified atom stereocenters. The van der Waals surface area contributed by atoms with Gasteiger partial charge in [0.05, 0.1) is 18.0 Å². The van der Waals surface area contributed by atoms with Gasteiger partial charge in [-0.25, -0.2) is 8.42 Å². The fourth-order valence-corrected chi connectivity index (χ4v) is 4.65. The Morgan fingerprint density at radius 1 is 0.971 bits per heavy atom. The number of hydrogen-bond acceptors (Lipinski definition) is 5. The molecule has 3 rings (SSSR count). The third-order valence-corrected chi connectivity index (χ3v) is 7.26. The molecule has 0 saturated heterocycles. The van der Waals surface area contributed by atoms with Crippen molar-refractivity contribution in [3.8, 4) is 0 Å². The maximum atomic E-state index is 13.8. The van der Waals surface area contributed by atoms with Crippen LogP contribution in [0.4, 0.5) is 5.69 Å². The number of sulfonamides is 1. The first-order valence-electron chi connectivity index (χ1n) is 11.0. The number of hydroxylamine groups is 1. The van der Waals surface area contributed by atoms with Crippen LogP contribution in [0.15, 0.2) is 83.8 Å². The SMILES string of the molecule is CON(C)S(=O)(=O)c1cccc(C(=O)N(Cc2ccccc2)C(C)c2cccc(NC(C)=O)c2)c1. The fourth-order valence-electron chi connectivity index (χ4n) is 3.63. The van der Waals surface area contributed by atoms with Crippen molar-refractivity contribution in [2.24, 2.45) is 0 Å². The highest BCUT2D eigenvalue weighted by atomic mass is 32.2. The maximum absolute atomic E-state index is 13.8. The molecule has 3 aromatic carbocycles. The average molecular weight is 496 g/mol. The van der Waals surface area contributed by atoms with Gasteiger partial charge in [-0.3, -0.25) is 14.4 Å². The van der Waals surface area contributed by atoms with E-state index in [-0.39, 0.29) is 28.3 Å². The largest absolute Gasteiger partial charge is 0.328 e. The lowest BCUT2D eigenvalue weighted by atomic mass is 10.0. The lowest BCUT2D eigenvalue weighted by molar-refractivity contribution is -0.114. The smallest absolute Gasteiger partial charge is 0.264 e. The summed E-state index contributed by atoms with van der Waals surface area (Å²) >= 11 is 0. The van der Waals surface area contributed by atoms with Crippen molar-refractivity contribution in [2.45, 2.75) is 31.3 Å². The topological polar surface area (TPSA) is 96.0 Å². The Bertz CT molecular complexity index is 1300. The molecule has 0 aromatic heterocycles. The van der Waals surface area contributed by atoms with Gasteiger partial charge in [0.15, 0.2) is 0 Å². The van der Waals surface area contributed by atoms with Crippen LogP contribution < -0.4 is 5.32 Å². The molecule has 0 heterocycles. The Morgan fingerprint density at radius 3 is 2.31 bits per heavy atom. The van der Waals surface area contributed by atoms with E-state index < -0.39 is 10.0 Å². The molecule has 1 atom stereocenters. The van der Waals surface area contributed by atoms with Crippen LogP contribution >= 0.6 is 0 Å². The predicted octanol–water partition coefficient (Wildman–Crippen LogP) is 4.23. The highest BCUT2D eigenvalue weighted by Crippen LogP contribution is 2.27. The van der Waals surface area contributed by atoms with Crippen LogP contribution in [0.1, 0.15) is 41.4 Å². The molecule has 0 aliphatic carbocycles. The third-order valence-electron chi connectivity index (χ3n) is 5.59. The molecule has 8 nitrogen and oxygen atoms in total. The van der Waals surface area contributed by atoms with Gasteiger partial charge in [-0.2, -0.15) is 0 Å². The van der Waals surface area contributed by atoms with Crippen molar-refractivity contribution in [3.05, 3.63) is 95.6 Å². The molecular formula is C26H29N3O5S. The van der Waals surface area contributed by atoms with Crippen molar-refractivity contribution >= 4 is 27.5 Å². The van der Waals surface area contributed by atoms with Gasteiger partial charge in [0.25, 0.3) is 15.9 Å². The van der Waals surface area contributed by atoms with E-state index in [9.17, 15) is 18.0 Å². The second-order valence-electron chi connectivity index (χ2n) is 8.03. The van der Waals surface area contributed by atoms with Crippen molar-refractivity contribution in [2.75, 3.05) is 19.5 Å². The van der Waals surface area contributed by atoms with E-state index in [1.165, 1.54) is 39.3 Å². The first kappa shape index (κ1) is 26.1. The molecule has 3 aromatic rings. The summed E-state index contributed by atoms with van der Waals surface area (Å²) in [7, 11) is -1.38. The van der Waals surface area contributed by atoms with Crippen LogP contribution in [0.25, 0.3) is 0 Å². The number of carbonyl (C=O) groups is 2. The third kappa shape index (κ3) is 6.33. The number of rotatable bonds is 9. The van der Waals surface area contributed by atoms with Crippen LogP contribution in [-0.2, 0) is 26.2 Å². The van der Waals surface area contributed by atoms with Crippen LogP contribution in [0.3, 0.4) is 0 Å². The average Bonchev–Trinajstić information content (AvgIpc) is 2.86. The second kappa shape index (κ2) is 11.3. The van der Waals surface area contributed by atoms with Gasteiger partial charge in [-0.15, -0.1) is 0 Å². The molecule has 0 aliphatic heterocycles. The summed E-state index contributed by atoms with van der Waals surface area (Å²) in [6, 6.07) is 22.4. The standard InChI is InChI=1S/C26H29N3O5S/c1-19(22-12-8-14-24(16-22)27-20(2)30)29(18-21-10-6-5-7-11-21)26(31)23-13-9-15-25(17-23)35(32,33)28(3)34-4/h5-17,19H,18H2,1-4H3,(H,27,30). The van der Waals surface area contributed by atoms with E-state index >= 15 is 0 Å². The Kier molecular flexibility index (Phi) is 8.39. The van der Waals surface area contributed by atoms with E-state index in [0.717, 1.165) is 15.6 Å². The van der Waals surface area contributed by atoms with Gasteiger partial charge in [0, 0.05) is 31.8 Å². The van der Waals surface area contributed by atoms with E-state index in [1.807, 2.05) is 55.5 Å². The molecule has 0 spiro atoms. The predicted molar refractivity (Wildman–Crippen MR) is 134 cm³/mol. The van der Waals surface area contributed by atoms with Gasteiger partial charge in [-0.1, -0.05) is 53.0 Å². The Balaban J connectivity index is 2.01. The minimum Gasteiger partial charge on any atom is -0.328 e. The summed E-state index contributed by atoms with van der Waals surface area (Å²) in [6.07, 6.45) is 0. The molecule has 0 saturated carbocycles.